The molecule has 2 N–H and O–H groups in total. The molecule has 0 fully saturated rings. The molecule has 0 spiro atoms. The lowest BCUT2D eigenvalue weighted by Crippen LogP contribution is -2.38. The van der Waals surface area contributed by atoms with Crippen molar-refractivity contribution in [2.24, 2.45) is 0 Å². The van der Waals surface area contributed by atoms with Gasteiger partial charge in [0, 0.05) is 28.2 Å². The van der Waals surface area contributed by atoms with Gasteiger partial charge in [-0.2, -0.15) is 0 Å². The summed E-state index contributed by atoms with van der Waals surface area (Å²) in [5, 5.41) is 8.12. The Labute approximate surface area is 192 Å². The van der Waals surface area contributed by atoms with Crippen LogP contribution in [-0.4, -0.2) is 13.0 Å². The first-order valence-corrected chi connectivity index (χ1v) is 10.8. The molecule has 0 heterocycles. The number of carbonyl (C=O) groups is 1. The van der Waals surface area contributed by atoms with Gasteiger partial charge in [0.05, 0.1) is 0 Å². The predicted octanol–water partition coefficient (Wildman–Crippen LogP) is 6.40. The number of carbonyl (C=O) groups excluding carboxylic acids is 1. The lowest BCUT2D eigenvalue weighted by Gasteiger charge is -2.26. The summed E-state index contributed by atoms with van der Waals surface area (Å²) < 4.78 is 0. The molecule has 156 valence electrons. The van der Waals surface area contributed by atoms with Crippen LogP contribution >= 0.6 is 34.8 Å². The van der Waals surface area contributed by atoms with Gasteiger partial charge in [0.25, 0.3) is 0 Å². The van der Waals surface area contributed by atoms with E-state index in [1.807, 2.05) is 66.7 Å². The summed E-state index contributed by atoms with van der Waals surface area (Å²) in [5.41, 5.74) is 2.95. The Kier molecular flexibility index (Phi) is 8.17. The van der Waals surface area contributed by atoms with Crippen molar-refractivity contribution in [2.45, 2.75) is 24.9 Å². The molecule has 0 saturated heterocycles. The van der Waals surface area contributed by atoms with Gasteiger partial charge in [0.15, 0.2) is 0 Å². The monoisotopic (exact) mass is 460 g/mol. The van der Waals surface area contributed by atoms with Crippen molar-refractivity contribution in [2.75, 3.05) is 7.05 Å². The number of hydrogen-bond acceptors (Lipinski definition) is 2. The fourth-order valence-electron chi connectivity index (χ4n) is 3.39. The van der Waals surface area contributed by atoms with E-state index >= 15 is 0 Å². The largest absolute Gasteiger partial charge is 0.358 e. The first-order chi connectivity index (χ1) is 14.5. The lowest BCUT2D eigenvalue weighted by atomic mass is 9.96. The fraction of sp³-hybridized carbons (Fsp3) is 0.208. The van der Waals surface area contributed by atoms with Crippen LogP contribution in [0.15, 0.2) is 72.8 Å². The third-order valence-electron chi connectivity index (χ3n) is 4.98. The summed E-state index contributed by atoms with van der Waals surface area (Å²) in [6.45, 7) is 0. The third-order valence-corrected chi connectivity index (χ3v) is 5.80. The molecule has 30 heavy (non-hydrogen) atoms. The average molecular weight is 462 g/mol. The highest BCUT2D eigenvalue weighted by molar-refractivity contribution is 6.35. The molecule has 0 aliphatic rings. The molecule has 0 aliphatic carbocycles. The van der Waals surface area contributed by atoms with Crippen LogP contribution in [0, 0.1) is 0 Å². The Morgan fingerprint density at radius 2 is 1.57 bits per heavy atom. The molecule has 3 aromatic rings. The van der Waals surface area contributed by atoms with Crippen molar-refractivity contribution in [1.29, 1.82) is 0 Å². The van der Waals surface area contributed by atoms with Crippen LogP contribution in [-0.2, 0) is 11.2 Å². The fourth-order valence-corrected chi connectivity index (χ4v) is 4.06. The number of amides is 1. The number of hydrogen-bond donors (Lipinski definition) is 2. The van der Waals surface area contributed by atoms with Crippen molar-refractivity contribution in [3.05, 3.63) is 105 Å². The van der Waals surface area contributed by atoms with E-state index < -0.39 is 6.04 Å². The topological polar surface area (TPSA) is 41.1 Å². The van der Waals surface area contributed by atoms with E-state index in [9.17, 15) is 4.79 Å². The maximum atomic E-state index is 12.7. The van der Waals surface area contributed by atoms with Crippen molar-refractivity contribution in [3.8, 4) is 0 Å². The molecule has 3 nitrogen and oxygen atoms in total. The highest BCUT2D eigenvalue weighted by atomic mass is 35.5. The molecule has 0 radical (unpaired) electrons. The van der Waals surface area contributed by atoms with Crippen molar-refractivity contribution >= 4 is 40.7 Å². The zero-order valence-electron chi connectivity index (χ0n) is 16.5. The minimum Gasteiger partial charge on any atom is -0.358 e. The predicted molar refractivity (Wildman–Crippen MR) is 125 cm³/mol. The van der Waals surface area contributed by atoms with E-state index in [4.69, 9.17) is 34.8 Å². The van der Waals surface area contributed by atoms with Gasteiger partial charge in [-0.25, -0.2) is 0 Å². The summed E-state index contributed by atoms with van der Waals surface area (Å²) in [7, 11) is 1.64. The minimum absolute atomic E-state index is 0.109. The van der Waals surface area contributed by atoms with Crippen LogP contribution in [0.3, 0.4) is 0 Å². The zero-order chi connectivity index (χ0) is 21.5. The smallest absolute Gasteiger partial charge is 0.241 e. The molecule has 2 atom stereocenters. The molecule has 0 unspecified atom stereocenters. The second-order valence-electron chi connectivity index (χ2n) is 7.01. The van der Waals surface area contributed by atoms with Crippen molar-refractivity contribution in [3.63, 3.8) is 0 Å². The number of benzene rings is 3. The average Bonchev–Trinajstić information content (AvgIpc) is 2.76. The maximum absolute atomic E-state index is 12.7. The highest BCUT2D eigenvalue weighted by Gasteiger charge is 2.25. The van der Waals surface area contributed by atoms with Gasteiger partial charge in [-0.3, -0.25) is 10.1 Å². The highest BCUT2D eigenvalue weighted by Crippen LogP contribution is 2.31. The number of likely N-dealkylation sites (N-methyl/N-ethyl adjacent to an activating group) is 1. The minimum atomic E-state index is -0.516. The van der Waals surface area contributed by atoms with Crippen molar-refractivity contribution < 1.29 is 4.79 Å². The molecule has 0 saturated carbocycles. The molecule has 0 bridgehead atoms. The molecule has 3 aromatic carbocycles. The zero-order valence-corrected chi connectivity index (χ0v) is 18.8. The number of aryl methyl sites for hydroxylation is 1. The van der Waals surface area contributed by atoms with E-state index in [1.165, 1.54) is 0 Å². The van der Waals surface area contributed by atoms with Crippen LogP contribution in [0.5, 0.6) is 0 Å². The van der Waals surface area contributed by atoms with Gasteiger partial charge in [-0.15, -0.1) is 0 Å². The Hall–Kier alpha value is -2.04. The standard InChI is InChI=1S/C24H23Cl3N2O/c1-28-24(30)23(17-5-3-2-4-6-17)29-22(20-13-12-19(26)15-21(20)27)14-9-16-7-10-18(25)11-8-16/h2-8,10-13,15,22-23,29H,9,14H2,1H3,(H,28,30)/t22-,23+/m1/s1. The summed E-state index contributed by atoms with van der Waals surface area (Å²) in [5.74, 6) is -0.109. The van der Waals surface area contributed by atoms with Gasteiger partial charge < -0.3 is 5.32 Å². The number of nitrogens with one attached hydrogen (secondary N) is 2. The maximum Gasteiger partial charge on any atom is 0.241 e. The van der Waals surface area contributed by atoms with E-state index in [1.54, 1.807) is 13.1 Å². The molecule has 0 aromatic heterocycles. The molecule has 3 rings (SSSR count). The summed E-state index contributed by atoms with van der Waals surface area (Å²) in [6.07, 6.45) is 1.53. The molecule has 6 heteroatoms. The third kappa shape index (κ3) is 5.99. The van der Waals surface area contributed by atoms with E-state index in [-0.39, 0.29) is 11.9 Å². The van der Waals surface area contributed by atoms with Crippen LogP contribution in [0.1, 0.15) is 35.2 Å². The van der Waals surface area contributed by atoms with Gasteiger partial charge >= 0.3 is 0 Å². The van der Waals surface area contributed by atoms with Crippen LogP contribution in [0.2, 0.25) is 15.1 Å². The molecular formula is C24H23Cl3N2O. The quantitative estimate of drug-likeness (QED) is 0.407. The number of halogens is 3. The SMILES string of the molecule is CNC(=O)[C@@H](N[C@H](CCc1ccc(Cl)cc1)c1ccc(Cl)cc1Cl)c1ccccc1. The van der Waals surface area contributed by atoms with Crippen LogP contribution in [0.25, 0.3) is 0 Å². The van der Waals surface area contributed by atoms with E-state index in [2.05, 4.69) is 10.6 Å². The van der Waals surface area contributed by atoms with Crippen LogP contribution < -0.4 is 10.6 Å². The molecule has 1 amide bonds. The normalized spacial score (nSPS) is 12.9. The Bertz CT molecular complexity index is 978. The van der Waals surface area contributed by atoms with Gasteiger partial charge in [0.2, 0.25) is 5.91 Å². The Morgan fingerprint density at radius 3 is 2.20 bits per heavy atom. The van der Waals surface area contributed by atoms with Crippen LogP contribution in [0.4, 0.5) is 0 Å². The summed E-state index contributed by atoms with van der Waals surface area (Å²) >= 11 is 18.6. The first-order valence-electron chi connectivity index (χ1n) is 9.70. The summed E-state index contributed by atoms with van der Waals surface area (Å²) in [6, 6.07) is 22.2. The Morgan fingerprint density at radius 1 is 0.900 bits per heavy atom. The van der Waals surface area contributed by atoms with Gasteiger partial charge in [-0.05, 0) is 53.8 Å². The van der Waals surface area contributed by atoms with E-state index in [0.717, 1.165) is 29.5 Å². The second kappa shape index (κ2) is 10.8. The van der Waals surface area contributed by atoms with Gasteiger partial charge in [-0.1, -0.05) is 83.3 Å². The first kappa shape index (κ1) is 22.6. The van der Waals surface area contributed by atoms with E-state index in [0.29, 0.717) is 15.1 Å². The number of rotatable bonds is 8. The van der Waals surface area contributed by atoms with Gasteiger partial charge in [0.1, 0.15) is 6.04 Å². The lowest BCUT2D eigenvalue weighted by molar-refractivity contribution is -0.123. The molecule has 0 aliphatic heterocycles. The molecular weight excluding hydrogens is 439 g/mol. The van der Waals surface area contributed by atoms with Crippen molar-refractivity contribution in [1.82, 2.24) is 10.6 Å². The second-order valence-corrected chi connectivity index (χ2v) is 8.29. The summed E-state index contributed by atoms with van der Waals surface area (Å²) in [4.78, 5) is 12.7. The Balaban J connectivity index is 1.90.